The molecule has 0 bridgehead atoms. The third kappa shape index (κ3) is 2.68. The van der Waals surface area contributed by atoms with E-state index in [1.54, 1.807) is 12.3 Å². The molecule has 0 fully saturated rings. The normalized spacial score (nSPS) is 11.1. The van der Waals surface area contributed by atoms with Gasteiger partial charge in [0.25, 0.3) is 0 Å². The van der Waals surface area contributed by atoms with Crippen molar-refractivity contribution in [2.24, 2.45) is 0 Å². The topological polar surface area (TPSA) is 46.8 Å². The minimum absolute atomic E-state index is 0.333. The maximum absolute atomic E-state index is 11.4. The molecule has 0 saturated carbocycles. The molecule has 0 unspecified atom stereocenters. The van der Waals surface area contributed by atoms with Gasteiger partial charge in [-0.1, -0.05) is 0 Å². The predicted octanol–water partition coefficient (Wildman–Crippen LogP) is 1.22. The number of fused-ring (bicyclic) bond motifs is 1. The first-order chi connectivity index (χ1) is 8.60. The Morgan fingerprint density at radius 1 is 1.39 bits per heavy atom. The number of hydrogen-bond donors (Lipinski definition) is 0. The highest BCUT2D eigenvalue weighted by Crippen LogP contribution is 2.09. The van der Waals surface area contributed by atoms with Crippen molar-refractivity contribution in [3.8, 4) is 0 Å². The zero-order chi connectivity index (χ0) is 13.1. The Labute approximate surface area is 106 Å². The number of rotatable bonds is 4. The summed E-state index contributed by atoms with van der Waals surface area (Å²) >= 11 is 0. The van der Waals surface area contributed by atoms with Crippen molar-refractivity contribution in [1.82, 2.24) is 14.3 Å². The number of likely N-dealkylation sites (N-methyl/N-ethyl adjacent to an activating group) is 1. The molecule has 0 atom stereocenters. The summed E-state index contributed by atoms with van der Waals surface area (Å²) in [6.45, 7) is 0.952. The van der Waals surface area contributed by atoms with Crippen LogP contribution in [0.3, 0.4) is 0 Å². The highest BCUT2D eigenvalue weighted by atomic mass is 16.5. The fraction of sp³-hybridized carbons (Fsp3) is 0.385. The number of imidazole rings is 1. The summed E-state index contributed by atoms with van der Waals surface area (Å²) in [4.78, 5) is 18.0. The number of aromatic nitrogens is 2. The van der Waals surface area contributed by atoms with Crippen molar-refractivity contribution < 1.29 is 9.53 Å². The molecular weight excluding hydrogens is 230 g/mol. The van der Waals surface area contributed by atoms with Crippen LogP contribution in [0.2, 0.25) is 0 Å². The van der Waals surface area contributed by atoms with E-state index in [1.807, 2.05) is 30.8 Å². The average Bonchev–Trinajstić information content (AvgIpc) is 2.77. The number of pyridine rings is 1. The van der Waals surface area contributed by atoms with Gasteiger partial charge in [-0.05, 0) is 26.2 Å². The maximum atomic E-state index is 11.4. The lowest BCUT2D eigenvalue weighted by Crippen LogP contribution is -2.15. The van der Waals surface area contributed by atoms with E-state index in [-0.39, 0.29) is 5.97 Å². The van der Waals surface area contributed by atoms with Crippen LogP contribution in [0.5, 0.6) is 0 Å². The SMILES string of the molecule is COC(=O)c1ccc2nc(CCN(C)C)cn2c1. The van der Waals surface area contributed by atoms with E-state index in [1.165, 1.54) is 7.11 Å². The van der Waals surface area contributed by atoms with Gasteiger partial charge < -0.3 is 14.0 Å². The Balaban J connectivity index is 2.25. The van der Waals surface area contributed by atoms with E-state index in [0.29, 0.717) is 5.56 Å². The summed E-state index contributed by atoms with van der Waals surface area (Å²) in [7, 11) is 5.44. The average molecular weight is 247 g/mol. The van der Waals surface area contributed by atoms with Gasteiger partial charge in [-0.3, -0.25) is 0 Å². The first-order valence-electron chi connectivity index (χ1n) is 5.81. The van der Waals surface area contributed by atoms with Crippen molar-refractivity contribution in [1.29, 1.82) is 0 Å². The van der Waals surface area contributed by atoms with Crippen LogP contribution >= 0.6 is 0 Å². The zero-order valence-corrected chi connectivity index (χ0v) is 10.9. The molecule has 2 rings (SSSR count). The summed E-state index contributed by atoms with van der Waals surface area (Å²) in [5, 5.41) is 0. The molecule has 0 N–H and O–H groups in total. The molecule has 2 aromatic rings. The van der Waals surface area contributed by atoms with Gasteiger partial charge >= 0.3 is 5.97 Å². The van der Waals surface area contributed by atoms with Crippen molar-refractivity contribution in [2.45, 2.75) is 6.42 Å². The van der Waals surface area contributed by atoms with E-state index in [4.69, 9.17) is 4.74 Å². The molecule has 2 heterocycles. The first kappa shape index (κ1) is 12.6. The summed E-state index contributed by atoms with van der Waals surface area (Å²) in [5.74, 6) is -0.333. The molecule has 0 saturated heterocycles. The van der Waals surface area contributed by atoms with Crippen LogP contribution in [-0.2, 0) is 11.2 Å². The van der Waals surface area contributed by atoms with Crippen molar-refractivity contribution in [3.63, 3.8) is 0 Å². The van der Waals surface area contributed by atoms with Crippen molar-refractivity contribution in [2.75, 3.05) is 27.7 Å². The molecule has 2 aromatic heterocycles. The molecular formula is C13H17N3O2. The molecule has 5 nitrogen and oxygen atoms in total. The Kier molecular flexibility index (Phi) is 3.62. The van der Waals surface area contributed by atoms with Crippen LogP contribution in [0.4, 0.5) is 0 Å². The lowest BCUT2D eigenvalue weighted by atomic mass is 10.3. The molecule has 5 heteroatoms. The number of ether oxygens (including phenoxy) is 1. The molecule has 0 aliphatic heterocycles. The Hall–Kier alpha value is -1.88. The second-order valence-electron chi connectivity index (χ2n) is 4.46. The third-order valence-electron chi connectivity index (χ3n) is 2.74. The monoisotopic (exact) mass is 247 g/mol. The van der Waals surface area contributed by atoms with Crippen LogP contribution in [0.1, 0.15) is 16.1 Å². The van der Waals surface area contributed by atoms with Gasteiger partial charge in [0.1, 0.15) is 5.65 Å². The van der Waals surface area contributed by atoms with Gasteiger partial charge in [0.2, 0.25) is 0 Å². The number of carbonyl (C=O) groups excluding carboxylic acids is 1. The molecule has 0 amide bonds. The van der Waals surface area contributed by atoms with E-state index < -0.39 is 0 Å². The smallest absolute Gasteiger partial charge is 0.339 e. The Morgan fingerprint density at radius 3 is 2.83 bits per heavy atom. The van der Waals surface area contributed by atoms with Crippen LogP contribution in [0.15, 0.2) is 24.5 Å². The van der Waals surface area contributed by atoms with Crippen LogP contribution < -0.4 is 0 Å². The van der Waals surface area contributed by atoms with Gasteiger partial charge in [0.15, 0.2) is 0 Å². The quantitative estimate of drug-likeness (QED) is 0.762. The van der Waals surface area contributed by atoms with Gasteiger partial charge in [0, 0.05) is 25.4 Å². The summed E-state index contributed by atoms with van der Waals surface area (Å²) in [5.41, 5.74) is 2.39. The molecule has 0 aliphatic rings. The fourth-order valence-corrected chi connectivity index (χ4v) is 1.74. The van der Waals surface area contributed by atoms with E-state index in [0.717, 1.165) is 24.3 Å². The highest BCUT2D eigenvalue weighted by Gasteiger charge is 2.08. The standard InChI is InChI=1S/C13H17N3O2/c1-15(2)7-6-11-9-16-8-10(13(17)18-3)4-5-12(16)14-11/h4-5,8-9H,6-7H2,1-3H3. The molecule has 0 aliphatic carbocycles. The van der Waals surface area contributed by atoms with Crippen molar-refractivity contribution >= 4 is 11.6 Å². The minimum atomic E-state index is -0.333. The maximum Gasteiger partial charge on any atom is 0.339 e. The number of esters is 1. The number of methoxy groups -OCH3 is 1. The second kappa shape index (κ2) is 5.18. The lowest BCUT2D eigenvalue weighted by Gasteiger charge is -2.06. The van der Waals surface area contributed by atoms with E-state index >= 15 is 0 Å². The highest BCUT2D eigenvalue weighted by molar-refractivity contribution is 5.89. The van der Waals surface area contributed by atoms with Crippen LogP contribution in [0.25, 0.3) is 5.65 Å². The van der Waals surface area contributed by atoms with Gasteiger partial charge in [-0.15, -0.1) is 0 Å². The third-order valence-corrected chi connectivity index (χ3v) is 2.74. The summed E-state index contributed by atoms with van der Waals surface area (Å²) in [6.07, 6.45) is 4.58. The molecule has 96 valence electrons. The lowest BCUT2D eigenvalue weighted by molar-refractivity contribution is 0.0600. The molecule has 0 radical (unpaired) electrons. The summed E-state index contributed by atoms with van der Waals surface area (Å²) < 4.78 is 6.55. The molecule has 0 spiro atoms. The Bertz CT molecular complexity index is 560. The van der Waals surface area contributed by atoms with Crippen LogP contribution in [-0.4, -0.2) is 48.0 Å². The van der Waals surface area contributed by atoms with Crippen molar-refractivity contribution in [3.05, 3.63) is 35.8 Å². The predicted molar refractivity (Wildman–Crippen MR) is 68.8 cm³/mol. The zero-order valence-electron chi connectivity index (χ0n) is 10.9. The van der Waals surface area contributed by atoms with Gasteiger partial charge in [0.05, 0.1) is 18.4 Å². The van der Waals surface area contributed by atoms with Gasteiger partial charge in [-0.2, -0.15) is 0 Å². The molecule has 0 aromatic carbocycles. The van der Waals surface area contributed by atoms with Gasteiger partial charge in [-0.25, -0.2) is 9.78 Å². The Morgan fingerprint density at radius 2 is 2.17 bits per heavy atom. The van der Waals surface area contributed by atoms with E-state index in [2.05, 4.69) is 9.88 Å². The minimum Gasteiger partial charge on any atom is -0.465 e. The number of carbonyl (C=O) groups is 1. The summed E-state index contributed by atoms with van der Waals surface area (Å²) in [6, 6.07) is 3.55. The molecule has 18 heavy (non-hydrogen) atoms. The number of nitrogens with zero attached hydrogens (tertiary/aromatic N) is 3. The van der Waals surface area contributed by atoms with E-state index in [9.17, 15) is 4.79 Å². The number of hydrogen-bond acceptors (Lipinski definition) is 4. The fourth-order valence-electron chi connectivity index (χ4n) is 1.74. The van der Waals surface area contributed by atoms with Crippen LogP contribution in [0, 0.1) is 0 Å². The second-order valence-corrected chi connectivity index (χ2v) is 4.46. The largest absolute Gasteiger partial charge is 0.465 e. The first-order valence-corrected chi connectivity index (χ1v) is 5.81.